The number of amides is 1. The second kappa shape index (κ2) is 10.1. The van der Waals surface area contributed by atoms with Gasteiger partial charge in [-0.3, -0.25) is 4.79 Å². The highest BCUT2D eigenvalue weighted by Gasteiger charge is 2.17. The summed E-state index contributed by atoms with van der Waals surface area (Å²) in [7, 11) is -3.09. The van der Waals surface area contributed by atoms with E-state index in [4.69, 9.17) is 31.7 Å². The van der Waals surface area contributed by atoms with Gasteiger partial charge in [-0.05, 0) is 11.6 Å². The Kier molecular flexibility index (Phi) is 7.88. The van der Waals surface area contributed by atoms with Crippen molar-refractivity contribution >= 4 is 48.6 Å². The minimum Gasteiger partial charge on any atom is -0.423 e. The van der Waals surface area contributed by atoms with E-state index in [0.29, 0.717) is 32.0 Å². The van der Waals surface area contributed by atoms with Gasteiger partial charge in [-0.1, -0.05) is 0 Å². The van der Waals surface area contributed by atoms with Crippen LogP contribution in [0.25, 0.3) is 0 Å². The van der Waals surface area contributed by atoms with Crippen molar-refractivity contribution in [3.05, 3.63) is 30.1 Å². The standard InChI is InChI=1S/C9H13BN4O3.C4H4BClN2O2/c15-8-1-3-14(4-2-11-8)9-12-5-7(6-13-9)10(16)17;6-4-7-1-3(2-8-4)5(9)10/h5-6,16-17H,1-4H2,(H,11,15);1-2,9-10H. The molecule has 1 fully saturated rings. The lowest BCUT2D eigenvalue weighted by Gasteiger charge is -2.18. The Labute approximate surface area is 160 Å². The highest BCUT2D eigenvalue weighted by atomic mass is 35.5. The van der Waals surface area contributed by atoms with Crippen molar-refractivity contribution < 1.29 is 24.9 Å². The second-order valence-electron chi connectivity index (χ2n) is 5.44. The first-order chi connectivity index (χ1) is 12.9. The van der Waals surface area contributed by atoms with E-state index in [-0.39, 0.29) is 22.1 Å². The van der Waals surface area contributed by atoms with E-state index >= 15 is 0 Å². The molecule has 27 heavy (non-hydrogen) atoms. The highest BCUT2D eigenvalue weighted by Crippen LogP contribution is 2.06. The molecule has 3 heterocycles. The zero-order valence-electron chi connectivity index (χ0n) is 14.1. The molecular formula is C13H17B2ClN6O5. The molecule has 0 spiro atoms. The van der Waals surface area contributed by atoms with Crippen LogP contribution in [0, 0.1) is 0 Å². The highest BCUT2D eigenvalue weighted by molar-refractivity contribution is 6.58. The Morgan fingerprint density at radius 1 is 0.926 bits per heavy atom. The number of nitrogens with one attached hydrogen (secondary N) is 1. The normalized spacial score (nSPS) is 13.8. The molecule has 14 heteroatoms. The van der Waals surface area contributed by atoms with Crippen LogP contribution in [0.3, 0.4) is 0 Å². The number of aromatic nitrogens is 4. The first-order valence-corrected chi connectivity index (χ1v) is 8.28. The first kappa shape index (κ1) is 21.0. The average Bonchev–Trinajstić information content (AvgIpc) is 2.87. The Bertz CT molecular complexity index is 737. The van der Waals surface area contributed by atoms with Gasteiger partial charge in [0.2, 0.25) is 17.1 Å². The molecule has 142 valence electrons. The number of carbonyl (C=O) groups excluding carboxylic acids is 1. The Hall–Kier alpha value is -2.31. The molecule has 0 atom stereocenters. The maximum absolute atomic E-state index is 11.2. The summed E-state index contributed by atoms with van der Waals surface area (Å²) in [5.74, 6) is 0.515. The van der Waals surface area contributed by atoms with E-state index in [1.807, 2.05) is 4.90 Å². The van der Waals surface area contributed by atoms with Crippen LogP contribution in [-0.4, -0.2) is 79.8 Å². The molecular weight excluding hydrogens is 377 g/mol. The number of anilines is 1. The van der Waals surface area contributed by atoms with E-state index in [2.05, 4.69) is 25.3 Å². The van der Waals surface area contributed by atoms with Crippen molar-refractivity contribution in [3.8, 4) is 0 Å². The lowest BCUT2D eigenvalue weighted by Crippen LogP contribution is -2.33. The van der Waals surface area contributed by atoms with Crippen LogP contribution >= 0.6 is 11.6 Å². The van der Waals surface area contributed by atoms with Crippen molar-refractivity contribution in [2.45, 2.75) is 6.42 Å². The van der Waals surface area contributed by atoms with Crippen LogP contribution in [0.1, 0.15) is 6.42 Å². The molecule has 1 aliphatic heterocycles. The van der Waals surface area contributed by atoms with Gasteiger partial charge in [-0.25, -0.2) is 19.9 Å². The summed E-state index contributed by atoms with van der Waals surface area (Å²) in [6.07, 6.45) is 5.65. The predicted octanol–water partition coefficient (Wildman–Crippen LogP) is -3.71. The Morgan fingerprint density at radius 3 is 1.96 bits per heavy atom. The van der Waals surface area contributed by atoms with Crippen LogP contribution in [0.4, 0.5) is 5.95 Å². The molecule has 0 saturated carbocycles. The maximum atomic E-state index is 11.2. The van der Waals surface area contributed by atoms with Gasteiger partial charge in [0.05, 0.1) is 0 Å². The van der Waals surface area contributed by atoms with E-state index < -0.39 is 14.2 Å². The molecule has 2 aromatic rings. The number of carbonyl (C=O) groups is 1. The second-order valence-corrected chi connectivity index (χ2v) is 5.77. The summed E-state index contributed by atoms with van der Waals surface area (Å²) in [6, 6.07) is 0. The predicted molar refractivity (Wildman–Crippen MR) is 98.6 cm³/mol. The largest absolute Gasteiger partial charge is 0.491 e. The molecule has 1 amide bonds. The van der Waals surface area contributed by atoms with E-state index in [1.54, 1.807) is 0 Å². The van der Waals surface area contributed by atoms with Gasteiger partial charge < -0.3 is 30.3 Å². The Morgan fingerprint density at radius 2 is 1.44 bits per heavy atom. The smallest absolute Gasteiger partial charge is 0.423 e. The molecule has 3 rings (SSSR count). The number of hydrogen-bond acceptors (Lipinski definition) is 10. The number of nitrogens with zero attached hydrogens (tertiary/aromatic N) is 5. The van der Waals surface area contributed by atoms with Crippen molar-refractivity contribution in [2.24, 2.45) is 0 Å². The molecule has 0 unspecified atom stereocenters. The van der Waals surface area contributed by atoms with Gasteiger partial charge in [0, 0.05) is 61.8 Å². The molecule has 1 aliphatic rings. The summed E-state index contributed by atoms with van der Waals surface area (Å²) in [6.45, 7) is 1.77. The van der Waals surface area contributed by atoms with Gasteiger partial charge in [0.15, 0.2) is 0 Å². The molecule has 0 aromatic carbocycles. The Balaban J connectivity index is 0.000000223. The molecule has 0 bridgehead atoms. The lowest BCUT2D eigenvalue weighted by atomic mass is 9.83. The monoisotopic (exact) mass is 394 g/mol. The fourth-order valence-corrected chi connectivity index (χ4v) is 2.15. The van der Waals surface area contributed by atoms with Crippen LogP contribution in [0.2, 0.25) is 5.28 Å². The van der Waals surface area contributed by atoms with E-state index in [0.717, 1.165) is 0 Å². The minimum atomic E-state index is -1.56. The summed E-state index contributed by atoms with van der Waals surface area (Å²) >= 11 is 5.33. The van der Waals surface area contributed by atoms with Crippen molar-refractivity contribution in [1.82, 2.24) is 25.3 Å². The summed E-state index contributed by atoms with van der Waals surface area (Å²) in [5, 5.41) is 37.8. The van der Waals surface area contributed by atoms with Crippen molar-refractivity contribution in [1.29, 1.82) is 0 Å². The van der Waals surface area contributed by atoms with Gasteiger partial charge in [0.1, 0.15) is 0 Å². The third-order valence-electron chi connectivity index (χ3n) is 3.49. The lowest BCUT2D eigenvalue weighted by molar-refractivity contribution is -0.120. The third-order valence-corrected chi connectivity index (χ3v) is 3.69. The van der Waals surface area contributed by atoms with Crippen molar-refractivity contribution in [2.75, 3.05) is 24.5 Å². The molecule has 0 radical (unpaired) electrons. The fraction of sp³-hybridized carbons (Fsp3) is 0.308. The quantitative estimate of drug-likeness (QED) is 0.258. The number of hydrogen-bond donors (Lipinski definition) is 5. The van der Waals surface area contributed by atoms with E-state index in [9.17, 15) is 4.79 Å². The maximum Gasteiger partial charge on any atom is 0.491 e. The molecule has 11 nitrogen and oxygen atoms in total. The van der Waals surface area contributed by atoms with Crippen LogP contribution in [-0.2, 0) is 4.79 Å². The number of halogens is 1. The van der Waals surface area contributed by atoms with Crippen LogP contribution < -0.4 is 21.1 Å². The van der Waals surface area contributed by atoms with Gasteiger partial charge >= 0.3 is 14.2 Å². The molecule has 2 aromatic heterocycles. The SMILES string of the molecule is O=C1CCN(c2ncc(B(O)O)cn2)CCN1.OB(O)c1cnc(Cl)nc1. The molecule has 5 N–H and O–H groups in total. The van der Waals surface area contributed by atoms with Gasteiger partial charge in [-0.2, -0.15) is 0 Å². The van der Waals surface area contributed by atoms with Crippen LogP contribution in [0.15, 0.2) is 24.8 Å². The average molecular weight is 394 g/mol. The van der Waals surface area contributed by atoms with Gasteiger partial charge in [0.25, 0.3) is 0 Å². The summed E-state index contributed by atoms with van der Waals surface area (Å²) < 4.78 is 0. The summed E-state index contributed by atoms with van der Waals surface area (Å²) in [4.78, 5) is 28.2. The van der Waals surface area contributed by atoms with Crippen LogP contribution in [0.5, 0.6) is 0 Å². The minimum absolute atomic E-state index is 0.0231. The van der Waals surface area contributed by atoms with Crippen molar-refractivity contribution in [3.63, 3.8) is 0 Å². The first-order valence-electron chi connectivity index (χ1n) is 7.90. The number of rotatable bonds is 3. The molecule has 0 aliphatic carbocycles. The third kappa shape index (κ3) is 6.73. The van der Waals surface area contributed by atoms with E-state index in [1.165, 1.54) is 24.8 Å². The topological polar surface area (TPSA) is 165 Å². The zero-order valence-corrected chi connectivity index (χ0v) is 14.9. The fourth-order valence-electron chi connectivity index (χ4n) is 2.05. The summed E-state index contributed by atoms with van der Waals surface area (Å²) in [5.41, 5.74) is 0.474. The zero-order chi connectivity index (χ0) is 19.8. The molecule has 1 saturated heterocycles. The van der Waals surface area contributed by atoms with Gasteiger partial charge in [-0.15, -0.1) is 0 Å².